The Balaban J connectivity index is 2.13. The van der Waals surface area contributed by atoms with Crippen molar-refractivity contribution in [2.45, 2.75) is 6.92 Å². The first-order chi connectivity index (χ1) is 8.84. The molecule has 0 unspecified atom stereocenters. The largest absolute Gasteiger partial charge is 0.282 e. The Bertz CT molecular complexity index is 658. The van der Waals surface area contributed by atoms with E-state index in [1.165, 1.54) is 0 Å². The summed E-state index contributed by atoms with van der Waals surface area (Å²) in [4.78, 5) is 4.19. The van der Waals surface area contributed by atoms with Gasteiger partial charge in [0.1, 0.15) is 6.33 Å². The first-order valence-electron chi connectivity index (χ1n) is 5.72. The highest BCUT2D eigenvalue weighted by atomic mass is 15.3. The fourth-order valence-corrected chi connectivity index (χ4v) is 1.89. The fraction of sp³-hybridized carbons (Fsp3) is 0.0714. The van der Waals surface area contributed by atoms with Crippen LogP contribution in [0.4, 0.5) is 0 Å². The molecule has 1 aromatic carbocycles. The number of aryl methyl sites for hydroxylation is 1. The summed E-state index contributed by atoms with van der Waals surface area (Å²) in [5.74, 6) is 0.803. The zero-order valence-corrected chi connectivity index (χ0v) is 9.99. The summed E-state index contributed by atoms with van der Waals surface area (Å²) < 4.78 is 1.95. The van der Waals surface area contributed by atoms with Crippen LogP contribution in [0.5, 0.6) is 0 Å². The zero-order chi connectivity index (χ0) is 12.4. The third kappa shape index (κ3) is 1.88. The molecule has 0 amide bonds. The van der Waals surface area contributed by atoms with Crippen molar-refractivity contribution in [1.29, 1.82) is 0 Å². The molecule has 4 nitrogen and oxygen atoms in total. The van der Waals surface area contributed by atoms with Crippen molar-refractivity contribution in [3.63, 3.8) is 0 Å². The number of hydrogen-bond donors (Lipinski definition) is 0. The Morgan fingerprint density at radius 2 is 1.89 bits per heavy atom. The minimum Gasteiger partial charge on any atom is -0.282 e. The van der Waals surface area contributed by atoms with Crippen molar-refractivity contribution >= 4 is 0 Å². The summed E-state index contributed by atoms with van der Waals surface area (Å²) >= 11 is 0. The minimum atomic E-state index is 0.803. The molecular weight excluding hydrogens is 224 g/mol. The molecule has 0 aliphatic heterocycles. The number of para-hydroxylation sites is 1. The molecule has 0 saturated carbocycles. The van der Waals surface area contributed by atoms with E-state index in [1.54, 1.807) is 12.5 Å². The van der Waals surface area contributed by atoms with E-state index in [0.29, 0.717) is 0 Å². The molecule has 0 fully saturated rings. The van der Waals surface area contributed by atoms with Crippen LogP contribution in [0.2, 0.25) is 0 Å². The maximum absolute atomic E-state index is 4.19. The van der Waals surface area contributed by atoms with Crippen LogP contribution in [-0.4, -0.2) is 19.7 Å². The summed E-state index contributed by atoms with van der Waals surface area (Å²) in [6.07, 6.45) is 5.34. The van der Waals surface area contributed by atoms with Gasteiger partial charge in [0, 0.05) is 23.6 Å². The van der Waals surface area contributed by atoms with Crippen molar-refractivity contribution < 1.29 is 0 Å². The van der Waals surface area contributed by atoms with Crippen LogP contribution < -0.4 is 0 Å². The highest BCUT2D eigenvalue weighted by Gasteiger charge is 2.08. The van der Waals surface area contributed by atoms with Gasteiger partial charge in [-0.15, -0.1) is 10.2 Å². The SMILES string of the molecule is Cc1cncc(-c2nncn2-c2ccccc2)c1. The van der Waals surface area contributed by atoms with Crippen LogP contribution in [0.25, 0.3) is 17.1 Å². The first kappa shape index (κ1) is 10.7. The van der Waals surface area contributed by atoms with Gasteiger partial charge >= 0.3 is 0 Å². The Labute approximate surface area is 105 Å². The molecule has 3 aromatic rings. The van der Waals surface area contributed by atoms with Crippen molar-refractivity contribution in [1.82, 2.24) is 19.7 Å². The Morgan fingerprint density at radius 1 is 1.06 bits per heavy atom. The molecule has 0 spiro atoms. The van der Waals surface area contributed by atoms with Crippen molar-refractivity contribution in [3.8, 4) is 17.1 Å². The monoisotopic (exact) mass is 236 g/mol. The van der Waals surface area contributed by atoms with E-state index >= 15 is 0 Å². The number of nitrogens with zero attached hydrogens (tertiary/aromatic N) is 4. The van der Waals surface area contributed by atoms with E-state index in [0.717, 1.165) is 22.6 Å². The number of aromatic nitrogens is 4. The van der Waals surface area contributed by atoms with E-state index in [1.807, 2.05) is 48.0 Å². The second-order valence-corrected chi connectivity index (χ2v) is 4.11. The summed E-state index contributed by atoms with van der Waals surface area (Å²) in [5.41, 5.74) is 3.12. The van der Waals surface area contributed by atoms with Crippen LogP contribution in [0.15, 0.2) is 55.1 Å². The lowest BCUT2D eigenvalue weighted by Gasteiger charge is -2.06. The molecule has 0 radical (unpaired) electrons. The molecule has 88 valence electrons. The van der Waals surface area contributed by atoms with E-state index < -0.39 is 0 Å². The molecular formula is C14H12N4. The topological polar surface area (TPSA) is 43.6 Å². The smallest absolute Gasteiger partial charge is 0.169 e. The predicted molar refractivity (Wildman–Crippen MR) is 69.3 cm³/mol. The van der Waals surface area contributed by atoms with Gasteiger partial charge in [-0.3, -0.25) is 9.55 Å². The van der Waals surface area contributed by atoms with E-state index in [-0.39, 0.29) is 0 Å². The number of benzene rings is 1. The zero-order valence-electron chi connectivity index (χ0n) is 9.99. The van der Waals surface area contributed by atoms with Crippen LogP contribution in [0, 0.1) is 6.92 Å². The normalized spacial score (nSPS) is 10.5. The Hall–Kier alpha value is -2.49. The van der Waals surface area contributed by atoms with Gasteiger partial charge in [-0.1, -0.05) is 18.2 Å². The molecule has 4 heteroatoms. The third-order valence-electron chi connectivity index (χ3n) is 2.72. The molecule has 0 bridgehead atoms. The maximum atomic E-state index is 4.19. The van der Waals surface area contributed by atoms with Crippen molar-refractivity contribution in [2.75, 3.05) is 0 Å². The molecule has 3 rings (SSSR count). The molecule has 2 heterocycles. The van der Waals surface area contributed by atoms with Gasteiger partial charge in [0.15, 0.2) is 5.82 Å². The highest BCUT2D eigenvalue weighted by Crippen LogP contribution is 2.20. The summed E-state index contributed by atoms with van der Waals surface area (Å²) in [5, 5.41) is 8.17. The van der Waals surface area contributed by atoms with Crippen LogP contribution in [0.1, 0.15) is 5.56 Å². The van der Waals surface area contributed by atoms with Gasteiger partial charge in [0.25, 0.3) is 0 Å². The number of pyridine rings is 1. The van der Waals surface area contributed by atoms with Gasteiger partial charge < -0.3 is 0 Å². The first-order valence-corrected chi connectivity index (χ1v) is 5.72. The van der Waals surface area contributed by atoms with Gasteiger partial charge in [-0.05, 0) is 30.7 Å². The second-order valence-electron chi connectivity index (χ2n) is 4.11. The number of rotatable bonds is 2. The van der Waals surface area contributed by atoms with Gasteiger partial charge in [0.05, 0.1) is 0 Å². The lowest BCUT2D eigenvalue weighted by Crippen LogP contribution is -1.96. The summed E-state index contributed by atoms with van der Waals surface area (Å²) in [6.45, 7) is 2.01. The highest BCUT2D eigenvalue weighted by molar-refractivity contribution is 5.57. The van der Waals surface area contributed by atoms with E-state index in [9.17, 15) is 0 Å². The lowest BCUT2D eigenvalue weighted by atomic mass is 10.2. The molecule has 0 aliphatic carbocycles. The molecule has 0 aliphatic rings. The molecule has 18 heavy (non-hydrogen) atoms. The molecule has 2 aromatic heterocycles. The van der Waals surface area contributed by atoms with E-state index in [2.05, 4.69) is 21.2 Å². The summed E-state index contributed by atoms with van der Waals surface area (Å²) in [6, 6.07) is 12.1. The molecule has 0 saturated heterocycles. The van der Waals surface area contributed by atoms with Crippen LogP contribution >= 0.6 is 0 Å². The molecule has 0 atom stereocenters. The lowest BCUT2D eigenvalue weighted by molar-refractivity contribution is 1.06. The van der Waals surface area contributed by atoms with Crippen LogP contribution in [-0.2, 0) is 0 Å². The van der Waals surface area contributed by atoms with Crippen LogP contribution in [0.3, 0.4) is 0 Å². The average Bonchev–Trinajstić information content (AvgIpc) is 2.89. The van der Waals surface area contributed by atoms with Gasteiger partial charge in [-0.2, -0.15) is 0 Å². The predicted octanol–water partition coefficient (Wildman–Crippen LogP) is 2.64. The average molecular weight is 236 g/mol. The Kier molecular flexibility index (Phi) is 2.61. The van der Waals surface area contributed by atoms with Gasteiger partial charge in [-0.25, -0.2) is 0 Å². The quantitative estimate of drug-likeness (QED) is 0.687. The third-order valence-corrected chi connectivity index (χ3v) is 2.72. The molecule has 0 N–H and O–H groups in total. The van der Waals surface area contributed by atoms with Crippen molar-refractivity contribution in [2.24, 2.45) is 0 Å². The maximum Gasteiger partial charge on any atom is 0.169 e. The van der Waals surface area contributed by atoms with Gasteiger partial charge in [0.2, 0.25) is 0 Å². The fourth-order valence-electron chi connectivity index (χ4n) is 1.89. The standard InChI is InChI=1S/C14H12N4/c1-11-7-12(9-15-8-11)14-17-16-10-18(14)13-5-3-2-4-6-13/h2-10H,1H3. The van der Waals surface area contributed by atoms with E-state index in [4.69, 9.17) is 0 Å². The minimum absolute atomic E-state index is 0.803. The van der Waals surface area contributed by atoms with Crippen molar-refractivity contribution in [3.05, 3.63) is 60.7 Å². The second kappa shape index (κ2) is 4.41. The summed E-state index contributed by atoms with van der Waals surface area (Å²) in [7, 11) is 0. The Morgan fingerprint density at radius 3 is 2.67 bits per heavy atom. The number of hydrogen-bond acceptors (Lipinski definition) is 3.